The highest BCUT2D eigenvalue weighted by Crippen LogP contribution is 2.45. The number of ether oxygens (including phenoxy) is 1. The van der Waals surface area contributed by atoms with Crippen molar-refractivity contribution in [3.05, 3.63) is 0 Å². The average Bonchev–Trinajstić information content (AvgIpc) is 2.39. The van der Waals surface area contributed by atoms with E-state index in [4.69, 9.17) is 4.74 Å². The van der Waals surface area contributed by atoms with Crippen LogP contribution in [0.2, 0.25) is 0 Å². The molecule has 0 aliphatic heterocycles. The Hall–Kier alpha value is -0.0400. The third-order valence-electron chi connectivity index (χ3n) is 2.72. The molecular formula is C10H20O. The fourth-order valence-corrected chi connectivity index (χ4v) is 1.28. The molecule has 11 heavy (non-hydrogen) atoms. The second kappa shape index (κ2) is 3.14. The van der Waals surface area contributed by atoms with Crippen LogP contribution in [-0.2, 0) is 4.74 Å². The molecule has 1 aliphatic carbocycles. The number of hydrogen-bond acceptors (Lipinski definition) is 1. The first-order valence-electron chi connectivity index (χ1n) is 4.68. The van der Waals surface area contributed by atoms with Crippen molar-refractivity contribution in [2.75, 3.05) is 6.61 Å². The van der Waals surface area contributed by atoms with Crippen LogP contribution in [0.25, 0.3) is 0 Å². The molecule has 0 N–H and O–H groups in total. The highest BCUT2D eigenvalue weighted by atomic mass is 16.5. The van der Waals surface area contributed by atoms with Gasteiger partial charge in [-0.1, -0.05) is 20.8 Å². The van der Waals surface area contributed by atoms with Gasteiger partial charge in [-0.05, 0) is 31.6 Å². The van der Waals surface area contributed by atoms with Gasteiger partial charge in [-0.25, -0.2) is 0 Å². The van der Waals surface area contributed by atoms with E-state index in [1.165, 1.54) is 12.8 Å². The third kappa shape index (κ3) is 2.48. The summed E-state index contributed by atoms with van der Waals surface area (Å²) < 4.78 is 5.76. The molecule has 1 saturated carbocycles. The van der Waals surface area contributed by atoms with Gasteiger partial charge in [0.25, 0.3) is 0 Å². The summed E-state index contributed by atoms with van der Waals surface area (Å²) in [5.41, 5.74) is 0.245. The zero-order valence-corrected chi connectivity index (χ0v) is 8.18. The molecule has 1 rings (SSSR count). The van der Waals surface area contributed by atoms with Gasteiger partial charge in [-0.2, -0.15) is 0 Å². The highest BCUT2D eigenvalue weighted by molar-refractivity contribution is 4.98. The first-order chi connectivity index (χ1) is 5.04. The summed E-state index contributed by atoms with van der Waals surface area (Å²) in [6.07, 6.45) is 2.45. The van der Waals surface area contributed by atoms with E-state index in [0.29, 0.717) is 0 Å². The summed E-state index contributed by atoms with van der Waals surface area (Å²) in [6, 6.07) is 0. The van der Waals surface area contributed by atoms with Gasteiger partial charge in [0.2, 0.25) is 0 Å². The average molecular weight is 156 g/mol. The van der Waals surface area contributed by atoms with Crippen LogP contribution in [-0.4, -0.2) is 12.2 Å². The minimum absolute atomic E-state index is 0.245. The summed E-state index contributed by atoms with van der Waals surface area (Å²) in [6.45, 7) is 9.90. The molecule has 0 spiro atoms. The molecule has 0 radical (unpaired) electrons. The lowest BCUT2D eigenvalue weighted by Crippen LogP contribution is -2.13. The van der Waals surface area contributed by atoms with E-state index < -0.39 is 0 Å². The molecule has 1 fully saturated rings. The minimum Gasteiger partial charge on any atom is -0.375 e. The maximum absolute atomic E-state index is 5.76. The molecule has 0 aromatic heterocycles. The molecule has 1 aliphatic rings. The number of hydrogen-bond donors (Lipinski definition) is 0. The Morgan fingerprint density at radius 1 is 1.55 bits per heavy atom. The molecule has 2 unspecified atom stereocenters. The van der Waals surface area contributed by atoms with Gasteiger partial charge in [-0.3, -0.25) is 0 Å². The van der Waals surface area contributed by atoms with Crippen LogP contribution < -0.4 is 0 Å². The third-order valence-corrected chi connectivity index (χ3v) is 2.72. The van der Waals surface area contributed by atoms with Crippen LogP contribution in [0.4, 0.5) is 0 Å². The lowest BCUT2D eigenvalue weighted by molar-refractivity contribution is 0.0297. The van der Waals surface area contributed by atoms with Crippen LogP contribution in [0.3, 0.4) is 0 Å². The normalized spacial score (nSPS) is 36.3. The topological polar surface area (TPSA) is 9.23 Å². The number of rotatable bonds is 4. The van der Waals surface area contributed by atoms with Crippen molar-refractivity contribution in [2.45, 2.75) is 46.1 Å². The van der Waals surface area contributed by atoms with Gasteiger partial charge in [0.1, 0.15) is 0 Å². The fraction of sp³-hybridized carbons (Fsp3) is 1.00. The zero-order chi connectivity index (χ0) is 8.48. The van der Waals surface area contributed by atoms with Gasteiger partial charge in [0.05, 0.1) is 5.60 Å². The highest BCUT2D eigenvalue weighted by Gasteiger charge is 2.47. The molecule has 1 heteroatoms. The van der Waals surface area contributed by atoms with Crippen molar-refractivity contribution >= 4 is 0 Å². The van der Waals surface area contributed by atoms with E-state index in [-0.39, 0.29) is 5.60 Å². The Morgan fingerprint density at radius 2 is 2.09 bits per heavy atom. The molecule has 0 aromatic carbocycles. The SMILES string of the molecule is CC(C)CCOC1(C)CC1C. The zero-order valence-electron chi connectivity index (χ0n) is 8.18. The van der Waals surface area contributed by atoms with Crippen molar-refractivity contribution in [1.29, 1.82) is 0 Å². The van der Waals surface area contributed by atoms with Crippen molar-refractivity contribution in [1.82, 2.24) is 0 Å². The van der Waals surface area contributed by atoms with E-state index in [0.717, 1.165) is 18.4 Å². The predicted octanol–water partition coefficient (Wildman–Crippen LogP) is 2.85. The van der Waals surface area contributed by atoms with Crippen LogP contribution in [0.5, 0.6) is 0 Å². The maximum atomic E-state index is 5.76. The lowest BCUT2D eigenvalue weighted by Gasteiger charge is -2.12. The van der Waals surface area contributed by atoms with E-state index in [9.17, 15) is 0 Å². The largest absolute Gasteiger partial charge is 0.375 e. The van der Waals surface area contributed by atoms with E-state index >= 15 is 0 Å². The first-order valence-corrected chi connectivity index (χ1v) is 4.68. The van der Waals surface area contributed by atoms with Gasteiger partial charge >= 0.3 is 0 Å². The van der Waals surface area contributed by atoms with Gasteiger partial charge in [0.15, 0.2) is 0 Å². The second-order valence-corrected chi connectivity index (χ2v) is 4.45. The Morgan fingerprint density at radius 3 is 2.45 bits per heavy atom. The minimum atomic E-state index is 0.245. The van der Waals surface area contributed by atoms with Crippen LogP contribution in [0.1, 0.15) is 40.5 Å². The van der Waals surface area contributed by atoms with Gasteiger partial charge < -0.3 is 4.74 Å². The predicted molar refractivity (Wildman–Crippen MR) is 47.6 cm³/mol. The molecule has 0 heterocycles. The van der Waals surface area contributed by atoms with Crippen molar-refractivity contribution in [3.8, 4) is 0 Å². The summed E-state index contributed by atoms with van der Waals surface area (Å²) in [5, 5.41) is 0. The summed E-state index contributed by atoms with van der Waals surface area (Å²) in [4.78, 5) is 0. The Labute approximate surface area is 70.1 Å². The standard InChI is InChI=1S/C10H20O/c1-8(2)5-6-11-10(4)7-9(10)3/h8-9H,5-7H2,1-4H3. The van der Waals surface area contributed by atoms with Crippen LogP contribution in [0.15, 0.2) is 0 Å². The van der Waals surface area contributed by atoms with Gasteiger partial charge in [-0.15, -0.1) is 0 Å². The van der Waals surface area contributed by atoms with E-state index in [1.807, 2.05) is 0 Å². The second-order valence-electron chi connectivity index (χ2n) is 4.45. The first kappa shape index (κ1) is 9.05. The van der Waals surface area contributed by atoms with Gasteiger partial charge in [0, 0.05) is 6.61 Å². The van der Waals surface area contributed by atoms with E-state index in [2.05, 4.69) is 27.7 Å². The van der Waals surface area contributed by atoms with Crippen LogP contribution >= 0.6 is 0 Å². The molecule has 0 amide bonds. The van der Waals surface area contributed by atoms with Crippen molar-refractivity contribution in [2.24, 2.45) is 11.8 Å². The molecule has 0 aromatic rings. The van der Waals surface area contributed by atoms with Crippen LogP contribution in [0, 0.1) is 11.8 Å². The molecule has 1 nitrogen and oxygen atoms in total. The monoisotopic (exact) mass is 156 g/mol. The van der Waals surface area contributed by atoms with Crippen molar-refractivity contribution < 1.29 is 4.74 Å². The summed E-state index contributed by atoms with van der Waals surface area (Å²) >= 11 is 0. The Kier molecular flexibility index (Phi) is 2.58. The summed E-state index contributed by atoms with van der Waals surface area (Å²) in [5.74, 6) is 1.56. The smallest absolute Gasteiger partial charge is 0.0684 e. The molecule has 2 atom stereocenters. The quantitative estimate of drug-likeness (QED) is 0.608. The molecule has 0 bridgehead atoms. The summed E-state index contributed by atoms with van der Waals surface area (Å²) in [7, 11) is 0. The molecule has 66 valence electrons. The molecule has 0 saturated heterocycles. The fourth-order valence-electron chi connectivity index (χ4n) is 1.28. The molecular weight excluding hydrogens is 136 g/mol. The lowest BCUT2D eigenvalue weighted by atomic mass is 10.1. The Bertz CT molecular complexity index is 131. The van der Waals surface area contributed by atoms with Crippen molar-refractivity contribution in [3.63, 3.8) is 0 Å². The van der Waals surface area contributed by atoms with E-state index in [1.54, 1.807) is 0 Å². The maximum Gasteiger partial charge on any atom is 0.0684 e. The Balaban J connectivity index is 2.04.